The van der Waals surface area contributed by atoms with Crippen molar-refractivity contribution in [1.29, 1.82) is 0 Å². The first-order chi connectivity index (χ1) is 14.2. The topological polar surface area (TPSA) is 116 Å². The maximum absolute atomic E-state index is 12.9. The molecule has 1 aliphatic rings. The van der Waals surface area contributed by atoms with Crippen molar-refractivity contribution in [2.24, 2.45) is 0 Å². The second kappa shape index (κ2) is 7.31. The Labute approximate surface area is 173 Å². The summed E-state index contributed by atoms with van der Waals surface area (Å²) in [6.45, 7) is 1.71. The summed E-state index contributed by atoms with van der Waals surface area (Å²) in [6, 6.07) is 14.8. The molecule has 0 atom stereocenters. The van der Waals surface area contributed by atoms with E-state index in [2.05, 4.69) is 10.3 Å². The lowest BCUT2D eigenvalue weighted by molar-refractivity contribution is -0.110. The molecule has 1 amide bonds. The molecule has 0 fully saturated rings. The van der Waals surface area contributed by atoms with Crippen LogP contribution in [0.1, 0.15) is 32.9 Å². The van der Waals surface area contributed by atoms with E-state index in [0.717, 1.165) is 0 Å². The minimum Gasteiger partial charge on any atom is -0.478 e. The molecule has 2 heterocycles. The average molecular weight is 422 g/mol. The lowest BCUT2D eigenvalue weighted by Gasteiger charge is -2.07. The number of hydrogen-bond donors (Lipinski definition) is 3. The molecule has 0 unspecified atom stereocenters. The van der Waals surface area contributed by atoms with Crippen molar-refractivity contribution in [3.63, 3.8) is 0 Å². The van der Waals surface area contributed by atoms with E-state index >= 15 is 0 Å². The number of benzene rings is 2. The number of aromatic carboxylic acids is 1. The number of H-pyrrole nitrogens is 1. The third-order valence-electron chi connectivity index (χ3n) is 4.83. The number of sulfone groups is 1. The van der Waals surface area contributed by atoms with Crippen molar-refractivity contribution in [3.8, 4) is 0 Å². The van der Waals surface area contributed by atoms with Crippen LogP contribution in [0.2, 0.25) is 0 Å². The Hall–Kier alpha value is -3.65. The van der Waals surface area contributed by atoms with E-state index < -0.39 is 21.7 Å². The summed E-state index contributed by atoms with van der Waals surface area (Å²) in [6.07, 6.45) is 1.44. The molecule has 2 aromatic carbocycles. The number of nitrogens with one attached hydrogen (secondary N) is 2. The molecule has 8 heteroatoms. The van der Waals surface area contributed by atoms with E-state index in [1.165, 1.54) is 24.3 Å². The molecule has 0 bridgehead atoms. The van der Waals surface area contributed by atoms with Crippen LogP contribution in [-0.4, -0.2) is 30.4 Å². The molecule has 0 saturated carbocycles. The van der Waals surface area contributed by atoms with Gasteiger partial charge in [0.2, 0.25) is 0 Å². The van der Waals surface area contributed by atoms with E-state index in [-0.39, 0.29) is 27.5 Å². The number of carbonyl (C=O) groups is 2. The van der Waals surface area contributed by atoms with Gasteiger partial charge in [0.15, 0.2) is 9.84 Å². The van der Waals surface area contributed by atoms with Crippen LogP contribution in [0.25, 0.3) is 11.6 Å². The molecule has 3 aromatic rings. The van der Waals surface area contributed by atoms with Gasteiger partial charge in [-0.15, -0.1) is 0 Å². The van der Waals surface area contributed by atoms with Gasteiger partial charge in [-0.2, -0.15) is 0 Å². The smallest absolute Gasteiger partial charge is 0.337 e. The molecule has 1 aliphatic heterocycles. The maximum Gasteiger partial charge on any atom is 0.337 e. The normalized spacial score (nSPS) is 14.6. The number of carboxylic acid groups (broad SMARTS) is 1. The quantitative estimate of drug-likeness (QED) is 0.544. The summed E-state index contributed by atoms with van der Waals surface area (Å²) < 4.78 is 25.8. The first-order valence-electron chi connectivity index (χ1n) is 9.11. The Kier molecular flexibility index (Phi) is 4.79. The molecule has 0 aliphatic carbocycles. The predicted molar refractivity (Wildman–Crippen MR) is 113 cm³/mol. The molecular weight excluding hydrogens is 404 g/mol. The summed E-state index contributed by atoms with van der Waals surface area (Å²) in [5.74, 6) is -1.71. The summed E-state index contributed by atoms with van der Waals surface area (Å²) in [4.78, 5) is 27.0. The molecule has 152 valence electrons. The van der Waals surface area contributed by atoms with Gasteiger partial charge in [-0.3, -0.25) is 4.79 Å². The number of aromatic amines is 1. The highest BCUT2D eigenvalue weighted by atomic mass is 32.2. The van der Waals surface area contributed by atoms with Gasteiger partial charge >= 0.3 is 5.97 Å². The highest BCUT2D eigenvalue weighted by Crippen LogP contribution is 2.35. The lowest BCUT2D eigenvalue weighted by Crippen LogP contribution is -2.05. The van der Waals surface area contributed by atoms with Gasteiger partial charge in [0.25, 0.3) is 5.91 Å². The van der Waals surface area contributed by atoms with Gasteiger partial charge in [0, 0.05) is 16.9 Å². The second-order valence-corrected chi connectivity index (χ2v) is 9.04. The number of anilines is 1. The molecule has 1 aromatic heterocycles. The summed E-state index contributed by atoms with van der Waals surface area (Å²) in [5.41, 5.74) is 2.70. The van der Waals surface area contributed by atoms with E-state index in [1.807, 2.05) is 6.07 Å². The van der Waals surface area contributed by atoms with Crippen LogP contribution >= 0.6 is 0 Å². The van der Waals surface area contributed by atoms with Crippen molar-refractivity contribution < 1.29 is 23.1 Å². The fourth-order valence-corrected chi connectivity index (χ4v) is 4.80. The minimum absolute atomic E-state index is 0.0362. The fourth-order valence-electron chi connectivity index (χ4n) is 3.43. The molecule has 0 radical (unpaired) electrons. The number of rotatable bonds is 5. The Balaban J connectivity index is 1.76. The van der Waals surface area contributed by atoms with E-state index in [9.17, 15) is 23.1 Å². The van der Waals surface area contributed by atoms with Crippen LogP contribution < -0.4 is 5.32 Å². The maximum atomic E-state index is 12.9. The second-order valence-electron chi connectivity index (χ2n) is 7.05. The number of aryl methyl sites for hydroxylation is 1. The van der Waals surface area contributed by atoms with Gasteiger partial charge < -0.3 is 15.4 Å². The molecular formula is C22H18N2O5S. The number of aromatic nitrogens is 1. The van der Waals surface area contributed by atoms with Gasteiger partial charge in [-0.1, -0.05) is 30.3 Å². The average Bonchev–Trinajstić information content (AvgIpc) is 3.22. The van der Waals surface area contributed by atoms with Crippen molar-refractivity contribution in [3.05, 3.63) is 82.7 Å². The molecule has 30 heavy (non-hydrogen) atoms. The monoisotopic (exact) mass is 422 g/mol. The van der Waals surface area contributed by atoms with Gasteiger partial charge in [0.1, 0.15) is 0 Å². The Morgan fingerprint density at radius 1 is 1.10 bits per heavy atom. The fraction of sp³-hybridized carbons (Fsp3) is 0.0909. The summed E-state index contributed by atoms with van der Waals surface area (Å²) in [7, 11) is -3.63. The number of fused-ring (bicyclic) bond motifs is 1. The van der Waals surface area contributed by atoms with Gasteiger partial charge in [-0.05, 0) is 42.8 Å². The summed E-state index contributed by atoms with van der Waals surface area (Å²) >= 11 is 0. The van der Waals surface area contributed by atoms with Gasteiger partial charge in [-0.25, -0.2) is 13.2 Å². The Bertz CT molecular complexity index is 1300. The van der Waals surface area contributed by atoms with Crippen molar-refractivity contribution in [2.45, 2.75) is 17.6 Å². The van der Waals surface area contributed by atoms with Crippen LogP contribution in [0, 0.1) is 6.92 Å². The first-order valence-corrected chi connectivity index (χ1v) is 10.8. The number of carbonyl (C=O) groups excluding carboxylic acids is 1. The SMILES string of the molecule is Cc1cc(C(=O)O)c(/C=C2\C(=O)Nc3ccc(S(=O)(=O)Cc4ccccc4)cc32)[nH]1. The number of carboxylic acids is 1. The summed E-state index contributed by atoms with van der Waals surface area (Å²) in [5, 5.41) is 12.1. The third kappa shape index (κ3) is 3.65. The van der Waals surface area contributed by atoms with E-state index in [0.29, 0.717) is 22.5 Å². The standard InChI is InChI=1S/C22H18N2O5S/c1-13-9-18(22(26)27)20(23-13)11-17-16-10-15(7-8-19(16)24-21(17)25)30(28,29)12-14-5-3-2-4-6-14/h2-11,23H,12H2,1H3,(H,24,25)(H,26,27)/b17-11-. The van der Waals surface area contributed by atoms with Crippen LogP contribution in [0.3, 0.4) is 0 Å². The van der Waals surface area contributed by atoms with E-state index in [4.69, 9.17) is 0 Å². The first kappa shape index (κ1) is 19.7. The van der Waals surface area contributed by atoms with Crippen molar-refractivity contribution in [1.82, 2.24) is 4.98 Å². The third-order valence-corrected chi connectivity index (χ3v) is 6.52. The Morgan fingerprint density at radius 3 is 2.53 bits per heavy atom. The van der Waals surface area contributed by atoms with Crippen LogP contribution in [0.15, 0.2) is 59.5 Å². The number of amides is 1. The zero-order valence-corrected chi connectivity index (χ0v) is 16.8. The predicted octanol–water partition coefficient (Wildman–Crippen LogP) is 3.49. The molecule has 0 spiro atoms. The highest BCUT2D eigenvalue weighted by molar-refractivity contribution is 7.90. The molecule has 4 rings (SSSR count). The van der Waals surface area contributed by atoms with Crippen molar-refractivity contribution in [2.75, 3.05) is 5.32 Å². The molecule has 3 N–H and O–H groups in total. The van der Waals surface area contributed by atoms with Crippen molar-refractivity contribution >= 4 is 39.1 Å². The largest absolute Gasteiger partial charge is 0.478 e. The molecule has 7 nitrogen and oxygen atoms in total. The minimum atomic E-state index is -3.63. The van der Waals surface area contributed by atoms with Crippen LogP contribution in [0.4, 0.5) is 5.69 Å². The van der Waals surface area contributed by atoms with E-state index in [1.54, 1.807) is 37.3 Å². The molecule has 0 saturated heterocycles. The van der Waals surface area contributed by atoms with Crippen LogP contribution in [0.5, 0.6) is 0 Å². The Morgan fingerprint density at radius 2 is 1.83 bits per heavy atom. The number of hydrogen-bond acceptors (Lipinski definition) is 4. The highest BCUT2D eigenvalue weighted by Gasteiger charge is 2.27. The van der Waals surface area contributed by atoms with Gasteiger partial charge in [0.05, 0.1) is 27.5 Å². The zero-order chi connectivity index (χ0) is 21.5. The zero-order valence-electron chi connectivity index (χ0n) is 16.0. The lowest BCUT2D eigenvalue weighted by atomic mass is 10.0. The van der Waals surface area contributed by atoms with Crippen LogP contribution in [-0.2, 0) is 20.4 Å².